The maximum absolute atomic E-state index is 13.5. The zero-order valence-corrected chi connectivity index (χ0v) is 22.9. The molecule has 6 rings (SSSR count). The first kappa shape index (κ1) is 25.4. The molecule has 2 aliphatic heterocycles. The molecule has 1 amide bonds. The maximum Gasteiger partial charge on any atom is 0.301 e. The van der Waals surface area contributed by atoms with Crippen LogP contribution in [0.5, 0.6) is 11.5 Å². The fraction of sp³-hybridized carbons (Fsp3) is 0.233. The minimum Gasteiger partial charge on any atom is -0.507 e. The number of nitrogens with zero attached hydrogens (tertiary/aromatic N) is 2. The predicted molar refractivity (Wildman–Crippen MR) is 152 cm³/mol. The number of halogens is 1. The number of fused-ring (bicyclic) bond motifs is 2. The van der Waals surface area contributed by atoms with Crippen molar-refractivity contribution in [2.45, 2.75) is 38.8 Å². The fourth-order valence-electron chi connectivity index (χ4n) is 5.03. The summed E-state index contributed by atoms with van der Waals surface area (Å²) in [7, 11) is 0. The Hall–Kier alpha value is -3.88. The number of aliphatic hydroxyl groups is 1. The quantitative estimate of drug-likeness (QED) is 0.161. The van der Waals surface area contributed by atoms with E-state index in [1.807, 2.05) is 32.0 Å². The average Bonchev–Trinajstić information content (AvgIpc) is 3.59. The summed E-state index contributed by atoms with van der Waals surface area (Å²) in [6, 6.07) is 16.9. The van der Waals surface area contributed by atoms with Gasteiger partial charge in [-0.25, -0.2) is 4.98 Å². The highest BCUT2D eigenvalue weighted by atomic mass is 35.5. The van der Waals surface area contributed by atoms with Gasteiger partial charge in [0.2, 0.25) is 0 Å². The van der Waals surface area contributed by atoms with Crippen LogP contribution in [0.4, 0.5) is 5.13 Å². The Morgan fingerprint density at radius 3 is 2.72 bits per heavy atom. The number of amides is 1. The molecule has 7 nitrogen and oxygen atoms in total. The van der Waals surface area contributed by atoms with Crippen molar-refractivity contribution in [3.63, 3.8) is 0 Å². The van der Waals surface area contributed by atoms with E-state index >= 15 is 0 Å². The van der Waals surface area contributed by atoms with Crippen LogP contribution in [0.1, 0.15) is 43.0 Å². The van der Waals surface area contributed by atoms with Gasteiger partial charge < -0.3 is 14.6 Å². The van der Waals surface area contributed by atoms with Crippen LogP contribution in [0.2, 0.25) is 5.02 Å². The molecule has 0 unspecified atom stereocenters. The average molecular weight is 561 g/mol. The topological polar surface area (TPSA) is 89.0 Å². The number of ketones is 1. The van der Waals surface area contributed by atoms with E-state index in [9.17, 15) is 14.7 Å². The van der Waals surface area contributed by atoms with Gasteiger partial charge in [-0.2, -0.15) is 0 Å². The van der Waals surface area contributed by atoms with Crippen LogP contribution in [0.15, 0.2) is 66.2 Å². The molecule has 1 aromatic heterocycles. The van der Waals surface area contributed by atoms with E-state index in [-0.39, 0.29) is 17.4 Å². The molecule has 0 radical (unpaired) electrons. The van der Waals surface area contributed by atoms with Crippen molar-refractivity contribution in [2.75, 3.05) is 11.5 Å². The molecule has 1 N–H and O–H groups in total. The van der Waals surface area contributed by atoms with E-state index < -0.39 is 17.7 Å². The van der Waals surface area contributed by atoms with E-state index in [0.29, 0.717) is 45.6 Å². The number of thiazole rings is 1. The number of Topliss-reactive ketones (excluding diaryl/α,β-unsaturated/α-hetero) is 1. The van der Waals surface area contributed by atoms with Gasteiger partial charge in [-0.3, -0.25) is 14.5 Å². The number of carbonyl (C=O) groups excluding carboxylic acids is 2. The molecule has 9 heteroatoms. The predicted octanol–water partition coefficient (Wildman–Crippen LogP) is 6.69. The lowest BCUT2D eigenvalue weighted by Gasteiger charge is -2.23. The van der Waals surface area contributed by atoms with Crippen molar-refractivity contribution in [2.24, 2.45) is 0 Å². The second-order valence-corrected chi connectivity index (χ2v) is 11.1. The van der Waals surface area contributed by atoms with Crippen LogP contribution in [0.25, 0.3) is 16.0 Å². The number of aliphatic hydroxyl groups excluding tert-OH is 1. The summed E-state index contributed by atoms with van der Waals surface area (Å²) in [4.78, 5) is 33.1. The highest BCUT2D eigenvalue weighted by Crippen LogP contribution is 2.45. The monoisotopic (exact) mass is 560 g/mol. The van der Waals surface area contributed by atoms with Gasteiger partial charge in [0, 0.05) is 17.0 Å². The van der Waals surface area contributed by atoms with Gasteiger partial charge in [0.15, 0.2) is 5.13 Å². The van der Waals surface area contributed by atoms with Crippen molar-refractivity contribution in [1.82, 2.24) is 4.98 Å². The molecule has 4 aromatic rings. The first-order valence-corrected chi connectivity index (χ1v) is 13.9. The van der Waals surface area contributed by atoms with Crippen LogP contribution in [0.3, 0.4) is 0 Å². The third-order valence-corrected chi connectivity index (χ3v) is 8.08. The Kier molecular flexibility index (Phi) is 6.53. The SMILES string of the molecule is CCCOc1ccc([C@H]2/C(=C(\O)c3ccc4c(c3)C[C@H](C)O4)C(=O)C(=O)N2c2nc3ccc(Cl)cc3s2)cc1. The number of aromatic nitrogens is 1. The van der Waals surface area contributed by atoms with Crippen molar-refractivity contribution in [3.05, 3.63) is 87.9 Å². The second-order valence-electron chi connectivity index (χ2n) is 9.65. The molecule has 3 heterocycles. The minimum atomic E-state index is -0.885. The summed E-state index contributed by atoms with van der Waals surface area (Å²) in [5, 5.41) is 12.4. The summed E-state index contributed by atoms with van der Waals surface area (Å²) >= 11 is 7.44. The molecule has 0 aliphatic carbocycles. The zero-order chi connectivity index (χ0) is 27.3. The second kappa shape index (κ2) is 10.0. The van der Waals surface area contributed by atoms with Crippen molar-refractivity contribution >= 4 is 55.7 Å². The third kappa shape index (κ3) is 4.53. The number of benzene rings is 3. The van der Waals surface area contributed by atoms with Crippen LogP contribution in [0, 0.1) is 0 Å². The summed E-state index contributed by atoms with van der Waals surface area (Å²) in [5.41, 5.74) is 2.71. The first-order chi connectivity index (χ1) is 18.8. The van der Waals surface area contributed by atoms with Gasteiger partial charge in [-0.1, -0.05) is 42.0 Å². The molecule has 0 spiro atoms. The standard InChI is InChI=1S/C30H25ClN2O5S/c1-3-12-37-21-8-4-17(5-9-21)26-25(27(34)18-6-11-23-19(14-18)13-16(2)38-23)28(35)29(36)33(26)30-32-22-10-7-20(31)15-24(22)39-30/h4-11,14-16,26,34H,3,12-13H2,1-2H3/b27-25+/t16-,26-/m0/s1. The summed E-state index contributed by atoms with van der Waals surface area (Å²) < 4.78 is 12.3. The normalized spacial score (nSPS) is 19.9. The van der Waals surface area contributed by atoms with Crippen molar-refractivity contribution < 1.29 is 24.2 Å². The van der Waals surface area contributed by atoms with Crippen LogP contribution in [-0.2, 0) is 16.0 Å². The van der Waals surface area contributed by atoms with E-state index in [0.717, 1.165) is 22.4 Å². The van der Waals surface area contributed by atoms with Gasteiger partial charge >= 0.3 is 5.91 Å². The first-order valence-electron chi connectivity index (χ1n) is 12.7. The minimum absolute atomic E-state index is 0.00595. The lowest BCUT2D eigenvalue weighted by molar-refractivity contribution is -0.132. The van der Waals surface area contributed by atoms with Crippen molar-refractivity contribution in [1.29, 1.82) is 0 Å². The van der Waals surface area contributed by atoms with E-state index in [1.54, 1.807) is 42.5 Å². The van der Waals surface area contributed by atoms with Crippen LogP contribution < -0.4 is 14.4 Å². The smallest absolute Gasteiger partial charge is 0.301 e. The van der Waals surface area contributed by atoms with Gasteiger partial charge in [0.05, 0.1) is 28.4 Å². The number of hydrogen-bond donors (Lipinski definition) is 1. The Bertz CT molecular complexity index is 1650. The molecule has 39 heavy (non-hydrogen) atoms. The molecule has 0 bridgehead atoms. The zero-order valence-electron chi connectivity index (χ0n) is 21.3. The highest BCUT2D eigenvalue weighted by molar-refractivity contribution is 7.22. The molecule has 2 atom stereocenters. The highest BCUT2D eigenvalue weighted by Gasteiger charge is 2.48. The number of rotatable bonds is 6. The number of hydrogen-bond acceptors (Lipinski definition) is 7. The summed E-state index contributed by atoms with van der Waals surface area (Å²) in [6.45, 7) is 4.58. The Labute approximate surface area is 234 Å². The fourth-order valence-corrected chi connectivity index (χ4v) is 6.29. The molecule has 1 saturated heterocycles. The van der Waals surface area contributed by atoms with Crippen LogP contribution in [-0.4, -0.2) is 34.5 Å². The molecule has 0 saturated carbocycles. The lowest BCUT2D eigenvalue weighted by Crippen LogP contribution is -2.29. The number of carbonyl (C=O) groups is 2. The van der Waals surface area contributed by atoms with Gasteiger partial charge in [-0.15, -0.1) is 0 Å². The van der Waals surface area contributed by atoms with Gasteiger partial charge in [0.25, 0.3) is 5.78 Å². The third-order valence-electron chi connectivity index (χ3n) is 6.83. The molecule has 2 aliphatic rings. The molecular formula is C30H25ClN2O5S. The molecular weight excluding hydrogens is 536 g/mol. The lowest BCUT2D eigenvalue weighted by atomic mass is 9.94. The van der Waals surface area contributed by atoms with E-state index in [2.05, 4.69) is 4.98 Å². The van der Waals surface area contributed by atoms with Gasteiger partial charge in [-0.05, 0) is 73.0 Å². The molecule has 198 valence electrons. The van der Waals surface area contributed by atoms with Crippen molar-refractivity contribution in [3.8, 4) is 11.5 Å². The van der Waals surface area contributed by atoms with Gasteiger partial charge in [0.1, 0.15) is 23.4 Å². The van der Waals surface area contributed by atoms with E-state index in [4.69, 9.17) is 21.1 Å². The number of anilines is 1. The summed E-state index contributed by atoms with van der Waals surface area (Å²) in [6.07, 6.45) is 1.60. The molecule has 1 fully saturated rings. The Morgan fingerprint density at radius 2 is 1.95 bits per heavy atom. The molecule has 3 aromatic carbocycles. The van der Waals surface area contributed by atoms with Crippen LogP contribution >= 0.6 is 22.9 Å². The Morgan fingerprint density at radius 1 is 1.15 bits per heavy atom. The maximum atomic E-state index is 13.5. The number of ether oxygens (including phenoxy) is 2. The van der Waals surface area contributed by atoms with E-state index in [1.165, 1.54) is 16.2 Å². The Balaban J connectivity index is 1.49. The largest absolute Gasteiger partial charge is 0.507 e. The summed E-state index contributed by atoms with van der Waals surface area (Å²) in [5.74, 6) is -0.326.